The van der Waals surface area contributed by atoms with Gasteiger partial charge in [-0.25, -0.2) is 0 Å². The lowest BCUT2D eigenvalue weighted by molar-refractivity contribution is -0.137. The average Bonchev–Trinajstić information content (AvgIpc) is 3.22. The van der Waals surface area contributed by atoms with Crippen LogP contribution in [0.5, 0.6) is 0 Å². The van der Waals surface area contributed by atoms with Gasteiger partial charge in [0.15, 0.2) is 0 Å². The van der Waals surface area contributed by atoms with Crippen LogP contribution in [0.15, 0.2) is 59.1 Å². The predicted molar refractivity (Wildman–Crippen MR) is 104 cm³/mol. The summed E-state index contributed by atoms with van der Waals surface area (Å²) in [5.41, 5.74) is 0.701. The van der Waals surface area contributed by atoms with Gasteiger partial charge in [0.1, 0.15) is 0 Å². The minimum absolute atomic E-state index is 0.203. The molecule has 4 rings (SSSR count). The van der Waals surface area contributed by atoms with E-state index in [0.717, 1.165) is 43.6 Å². The average molecular weight is 417 g/mol. The molecule has 2 aromatic carbocycles. The number of halogens is 3. The van der Waals surface area contributed by atoms with Crippen molar-refractivity contribution >= 4 is 0 Å². The maximum absolute atomic E-state index is 12.7. The molecule has 1 N–H and O–H groups in total. The summed E-state index contributed by atoms with van der Waals surface area (Å²) in [6.07, 6.45) is -3.13. The summed E-state index contributed by atoms with van der Waals surface area (Å²) in [5.74, 6) is 0.897. The van der Waals surface area contributed by atoms with E-state index in [9.17, 15) is 18.3 Å². The summed E-state index contributed by atoms with van der Waals surface area (Å²) >= 11 is 0. The molecule has 2 heterocycles. The van der Waals surface area contributed by atoms with Gasteiger partial charge in [0.2, 0.25) is 11.7 Å². The molecular formula is C22H22F3N3O2. The van der Waals surface area contributed by atoms with Gasteiger partial charge in [-0.15, -0.1) is 0 Å². The first-order valence-corrected chi connectivity index (χ1v) is 9.86. The van der Waals surface area contributed by atoms with Crippen LogP contribution in [0.25, 0.3) is 11.4 Å². The van der Waals surface area contributed by atoms with Gasteiger partial charge in [0.05, 0.1) is 18.2 Å². The number of aromatic nitrogens is 2. The van der Waals surface area contributed by atoms with E-state index in [-0.39, 0.29) is 11.7 Å². The van der Waals surface area contributed by atoms with Crippen LogP contribution in [0.2, 0.25) is 0 Å². The number of hydrogen-bond acceptors (Lipinski definition) is 5. The molecule has 30 heavy (non-hydrogen) atoms. The Hall–Kier alpha value is -2.71. The molecule has 0 aliphatic carbocycles. The number of benzene rings is 2. The van der Waals surface area contributed by atoms with E-state index in [0.29, 0.717) is 18.0 Å². The summed E-state index contributed by atoms with van der Waals surface area (Å²) in [5, 5.41) is 14.5. The van der Waals surface area contributed by atoms with Gasteiger partial charge in [-0.3, -0.25) is 4.90 Å². The molecule has 1 aliphatic rings. The Morgan fingerprint density at radius 1 is 1.03 bits per heavy atom. The molecule has 1 aromatic heterocycles. The third-order valence-corrected chi connectivity index (χ3v) is 5.52. The zero-order valence-corrected chi connectivity index (χ0v) is 16.2. The third-order valence-electron chi connectivity index (χ3n) is 5.52. The highest BCUT2D eigenvalue weighted by atomic mass is 19.4. The molecule has 0 radical (unpaired) electrons. The molecule has 1 saturated heterocycles. The van der Waals surface area contributed by atoms with Crippen molar-refractivity contribution in [2.24, 2.45) is 5.92 Å². The Labute approximate surface area is 172 Å². The highest BCUT2D eigenvalue weighted by Gasteiger charge is 2.30. The van der Waals surface area contributed by atoms with Crippen molar-refractivity contribution in [2.75, 3.05) is 13.1 Å². The van der Waals surface area contributed by atoms with Crippen LogP contribution in [0.3, 0.4) is 0 Å². The molecule has 3 aromatic rings. The molecule has 0 bridgehead atoms. The number of piperidine rings is 1. The Bertz CT molecular complexity index is 950. The maximum atomic E-state index is 12.7. The lowest BCUT2D eigenvalue weighted by Crippen LogP contribution is -2.35. The lowest BCUT2D eigenvalue weighted by Gasteiger charge is -2.33. The van der Waals surface area contributed by atoms with E-state index in [1.165, 1.54) is 12.1 Å². The van der Waals surface area contributed by atoms with Crippen molar-refractivity contribution in [3.8, 4) is 11.4 Å². The highest BCUT2D eigenvalue weighted by Crippen LogP contribution is 2.32. The minimum atomic E-state index is -4.37. The molecule has 158 valence electrons. The Kier molecular flexibility index (Phi) is 5.87. The van der Waals surface area contributed by atoms with Gasteiger partial charge < -0.3 is 9.63 Å². The second-order valence-electron chi connectivity index (χ2n) is 7.56. The van der Waals surface area contributed by atoms with Crippen molar-refractivity contribution in [3.05, 3.63) is 71.6 Å². The second kappa shape index (κ2) is 8.57. The molecule has 5 nitrogen and oxygen atoms in total. The summed E-state index contributed by atoms with van der Waals surface area (Å²) < 4.78 is 43.4. The zero-order chi connectivity index (χ0) is 21.1. The van der Waals surface area contributed by atoms with Crippen LogP contribution in [0, 0.1) is 5.92 Å². The monoisotopic (exact) mass is 417 g/mol. The van der Waals surface area contributed by atoms with Crippen molar-refractivity contribution < 1.29 is 22.8 Å². The van der Waals surface area contributed by atoms with Gasteiger partial charge in [-0.2, -0.15) is 18.2 Å². The van der Waals surface area contributed by atoms with Crippen molar-refractivity contribution in [1.29, 1.82) is 0 Å². The highest BCUT2D eigenvalue weighted by molar-refractivity contribution is 5.54. The number of nitrogens with zero attached hydrogens (tertiary/aromatic N) is 3. The van der Waals surface area contributed by atoms with Gasteiger partial charge >= 0.3 is 6.18 Å². The van der Waals surface area contributed by atoms with E-state index < -0.39 is 17.8 Å². The topological polar surface area (TPSA) is 62.4 Å². The Balaban J connectivity index is 1.33. The number of aliphatic hydroxyl groups is 1. The molecule has 0 amide bonds. The Morgan fingerprint density at radius 2 is 1.70 bits per heavy atom. The summed E-state index contributed by atoms with van der Waals surface area (Å²) in [4.78, 5) is 6.50. The van der Waals surface area contributed by atoms with Gasteiger partial charge in [-0.1, -0.05) is 47.6 Å². The van der Waals surface area contributed by atoms with Crippen LogP contribution < -0.4 is 0 Å². The maximum Gasteiger partial charge on any atom is 0.416 e. The van der Waals surface area contributed by atoms with Crippen LogP contribution in [-0.2, 0) is 12.7 Å². The molecule has 1 atom stereocenters. The Morgan fingerprint density at radius 3 is 2.33 bits per heavy atom. The third kappa shape index (κ3) is 4.71. The van der Waals surface area contributed by atoms with Crippen LogP contribution in [0.1, 0.15) is 36.0 Å². The first-order valence-electron chi connectivity index (χ1n) is 9.86. The first kappa shape index (κ1) is 20.6. The number of alkyl halides is 3. The van der Waals surface area contributed by atoms with Crippen molar-refractivity contribution in [2.45, 2.75) is 31.7 Å². The molecule has 0 saturated carbocycles. The first-order chi connectivity index (χ1) is 14.4. The van der Waals surface area contributed by atoms with Crippen LogP contribution in [-0.4, -0.2) is 33.2 Å². The molecule has 8 heteroatoms. The van der Waals surface area contributed by atoms with E-state index >= 15 is 0 Å². The normalized spacial score (nSPS) is 17.2. The van der Waals surface area contributed by atoms with E-state index in [1.54, 1.807) is 0 Å². The standard InChI is InChI=1S/C22H22F3N3O2/c23-22(24,25)18-8-6-17(7-9-18)21-26-19(30-27-21)14-28-12-10-16(11-13-28)20(29)15-4-2-1-3-5-15/h1-9,16,20,29H,10-14H2. The molecule has 1 aliphatic heterocycles. The summed E-state index contributed by atoms with van der Waals surface area (Å²) in [6.45, 7) is 2.07. The number of hydrogen-bond donors (Lipinski definition) is 1. The van der Waals surface area contributed by atoms with E-state index in [1.807, 2.05) is 30.3 Å². The lowest BCUT2D eigenvalue weighted by atomic mass is 9.87. The van der Waals surface area contributed by atoms with Gasteiger partial charge in [0.25, 0.3) is 0 Å². The fourth-order valence-corrected chi connectivity index (χ4v) is 3.79. The summed E-state index contributed by atoms with van der Waals surface area (Å²) in [6, 6.07) is 14.4. The van der Waals surface area contributed by atoms with E-state index in [4.69, 9.17) is 4.52 Å². The zero-order valence-electron chi connectivity index (χ0n) is 16.2. The minimum Gasteiger partial charge on any atom is -0.388 e. The summed E-state index contributed by atoms with van der Waals surface area (Å²) in [7, 11) is 0. The quantitative estimate of drug-likeness (QED) is 0.652. The van der Waals surface area contributed by atoms with Crippen LogP contribution >= 0.6 is 0 Å². The van der Waals surface area contributed by atoms with Gasteiger partial charge in [-0.05, 0) is 49.5 Å². The van der Waals surface area contributed by atoms with Gasteiger partial charge in [0, 0.05) is 5.56 Å². The van der Waals surface area contributed by atoms with Crippen LogP contribution in [0.4, 0.5) is 13.2 Å². The van der Waals surface area contributed by atoms with E-state index in [2.05, 4.69) is 15.0 Å². The molecule has 1 fully saturated rings. The largest absolute Gasteiger partial charge is 0.416 e. The number of rotatable bonds is 5. The fourth-order valence-electron chi connectivity index (χ4n) is 3.79. The second-order valence-corrected chi connectivity index (χ2v) is 7.56. The smallest absolute Gasteiger partial charge is 0.388 e. The SMILES string of the molecule is OC(c1ccccc1)C1CCN(Cc2nc(-c3ccc(C(F)(F)F)cc3)no2)CC1. The molecular weight excluding hydrogens is 395 g/mol. The molecule has 0 spiro atoms. The number of aliphatic hydroxyl groups excluding tert-OH is 1. The predicted octanol–water partition coefficient (Wildman–Crippen LogP) is 4.70. The fraction of sp³-hybridized carbons (Fsp3) is 0.364. The molecule has 1 unspecified atom stereocenters. The van der Waals surface area contributed by atoms with Crippen molar-refractivity contribution in [3.63, 3.8) is 0 Å². The number of likely N-dealkylation sites (tertiary alicyclic amines) is 1. The van der Waals surface area contributed by atoms with Crippen molar-refractivity contribution in [1.82, 2.24) is 15.0 Å².